The van der Waals surface area contributed by atoms with Crippen molar-refractivity contribution in [2.45, 2.75) is 26.3 Å². The Hall–Kier alpha value is -2.22. The molecule has 1 amide bonds. The number of carbonyl (C=O) groups excluding carboxylic acids is 1. The first-order valence-corrected chi connectivity index (χ1v) is 6.58. The molecule has 0 aliphatic carbocycles. The number of hydrogen-bond donors (Lipinski definition) is 3. The van der Waals surface area contributed by atoms with Crippen LogP contribution < -0.4 is 10.9 Å². The second-order valence-corrected chi connectivity index (χ2v) is 5.85. The van der Waals surface area contributed by atoms with Crippen LogP contribution in [0.2, 0.25) is 0 Å². The molecule has 2 rings (SSSR count). The molecule has 0 fully saturated rings. The summed E-state index contributed by atoms with van der Waals surface area (Å²) >= 11 is 1.06. The van der Waals surface area contributed by atoms with Crippen molar-refractivity contribution in [2.75, 3.05) is 0 Å². The number of nitrogens with one attached hydrogen (secondary N) is 2. The normalized spacial score (nSPS) is 11.6. The van der Waals surface area contributed by atoms with Gasteiger partial charge in [0.1, 0.15) is 10.4 Å². The van der Waals surface area contributed by atoms with Crippen molar-refractivity contribution in [2.24, 2.45) is 0 Å². The van der Waals surface area contributed by atoms with Crippen LogP contribution in [-0.4, -0.2) is 32.5 Å². The topological polar surface area (TPSA) is 112 Å². The van der Waals surface area contributed by atoms with Crippen molar-refractivity contribution in [1.82, 2.24) is 15.3 Å². The zero-order chi connectivity index (χ0) is 15.1. The number of carboxylic acid groups (broad SMARTS) is 1. The van der Waals surface area contributed by atoms with E-state index in [1.54, 1.807) is 6.92 Å². The minimum absolute atomic E-state index is 0.290. The molecule has 106 valence electrons. The molecule has 0 unspecified atom stereocenters. The maximum atomic E-state index is 12.2. The minimum Gasteiger partial charge on any atom is -0.480 e. The average Bonchev–Trinajstić information content (AvgIpc) is 2.67. The fourth-order valence-corrected chi connectivity index (χ4v) is 2.73. The molecule has 7 nitrogen and oxygen atoms in total. The summed E-state index contributed by atoms with van der Waals surface area (Å²) < 4.78 is 0. The number of H-pyrrole nitrogens is 1. The van der Waals surface area contributed by atoms with E-state index in [-0.39, 0.29) is 5.56 Å². The summed E-state index contributed by atoms with van der Waals surface area (Å²) in [6.07, 6.45) is 1.27. The van der Waals surface area contributed by atoms with E-state index in [4.69, 9.17) is 5.11 Å². The van der Waals surface area contributed by atoms with Gasteiger partial charge in [-0.2, -0.15) is 0 Å². The van der Waals surface area contributed by atoms with Gasteiger partial charge < -0.3 is 15.4 Å². The highest BCUT2D eigenvalue weighted by Gasteiger charge is 2.31. The standard InChI is InChI=1S/C12H13N3O4S/c1-5-6-8(16)13-4-14-10(6)20-7(5)9(17)15-12(2,3)11(18)19/h4H,1-3H3,(H,15,17)(H,18,19)(H,13,14,16). The first-order chi connectivity index (χ1) is 9.24. The van der Waals surface area contributed by atoms with Crippen LogP contribution in [0.4, 0.5) is 0 Å². The van der Waals surface area contributed by atoms with Crippen molar-refractivity contribution >= 4 is 33.4 Å². The molecule has 0 radical (unpaired) electrons. The molecule has 2 aromatic heterocycles. The van der Waals surface area contributed by atoms with Crippen LogP contribution >= 0.6 is 11.3 Å². The van der Waals surface area contributed by atoms with Gasteiger partial charge in [-0.05, 0) is 26.3 Å². The van der Waals surface area contributed by atoms with Crippen LogP contribution in [-0.2, 0) is 4.79 Å². The van der Waals surface area contributed by atoms with Gasteiger partial charge in [0, 0.05) is 0 Å². The maximum Gasteiger partial charge on any atom is 0.328 e. The molecule has 8 heteroatoms. The summed E-state index contributed by atoms with van der Waals surface area (Å²) in [6.45, 7) is 4.42. The lowest BCUT2D eigenvalue weighted by molar-refractivity contribution is -0.143. The number of rotatable bonds is 3. The van der Waals surface area contributed by atoms with Crippen LogP contribution in [0.1, 0.15) is 29.1 Å². The smallest absolute Gasteiger partial charge is 0.328 e. The van der Waals surface area contributed by atoms with E-state index >= 15 is 0 Å². The highest BCUT2D eigenvalue weighted by molar-refractivity contribution is 7.20. The molecule has 0 aromatic carbocycles. The van der Waals surface area contributed by atoms with Crippen molar-refractivity contribution in [3.63, 3.8) is 0 Å². The molecule has 0 aliphatic rings. The number of carboxylic acids is 1. The fraction of sp³-hybridized carbons (Fsp3) is 0.333. The third-order valence-electron chi connectivity index (χ3n) is 2.90. The summed E-state index contributed by atoms with van der Waals surface area (Å²) in [5, 5.41) is 11.8. The van der Waals surface area contributed by atoms with Crippen molar-refractivity contribution in [3.05, 3.63) is 27.1 Å². The largest absolute Gasteiger partial charge is 0.480 e. The van der Waals surface area contributed by atoms with Crippen molar-refractivity contribution in [1.29, 1.82) is 0 Å². The molecule has 2 heterocycles. The number of fused-ring (bicyclic) bond motifs is 1. The lowest BCUT2D eigenvalue weighted by atomic mass is 10.1. The van der Waals surface area contributed by atoms with E-state index in [0.717, 1.165) is 11.3 Å². The van der Waals surface area contributed by atoms with E-state index in [1.807, 2.05) is 0 Å². The van der Waals surface area contributed by atoms with Gasteiger partial charge in [0.2, 0.25) is 0 Å². The highest BCUT2D eigenvalue weighted by atomic mass is 32.1. The Kier molecular flexibility index (Phi) is 3.34. The Morgan fingerprint density at radius 1 is 1.45 bits per heavy atom. The van der Waals surface area contributed by atoms with Crippen LogP contribution in [0.25, 0.3) is 10.2 Å². The average molecular weight is 295 g/mol. The van der Waals surface area contributed by atoms with Gasteiger partial charge in [-0.15, -0.1) is 11.3 Å². The number of thiophene rings is 1. The number of aryl methyl sites for hydroxylation is 1. The van der Waals surface area contributed by atoms with Crippen LogP contribution in [0, 0.1) is 6.92 Å². The van der Waals surface area contributed by atoms with Crippen molar-refractivity contribution < 1.29 is 14.7 Å². The third-order valence-corrected chi connectivity index (χ3v) is 4.10. The Labute approximate surface area is 117 Å². The first kappa shape index (κ1) is 14.2. The zero-order valence-corrected chi connectivity index (χ0v) is 11.9. The van der Waals surface area contributed by atoms with Gasteiger partial charge in [0.25, 0.3) is 11.5 Å². The number of hydrogen-bond acceptors (Lipinski definition) is 5. The maximum absolute atomic E-state index is 12.2. The Bertz CT molecular complexity index is 760. The number of nitrogens with zero attached hydrogens (tertiary/aromatic N) is 1. The minimum atomic E-state index is -1.39. The van der Waals surface area contributed by atoms with Gasteiger partial charge in [-0.1, -0.05) is 0 Å². The fourth-order valence-electron chi connectivity index (χ4n) is 1.69. The monoisotopic (exact) mass is 295 g/mol. The second kappa shape index (κ2) is 4.71. The summed E-state index contributed by atoms with van der Waals surface area (Å²) in [7, 11) is 0. The van der Waals surface area contributed by atoms with E-state index in [9.17, 15) is 14.4 Å². The Morgan fingerprint density at radius 2 is 2.10 bits per heavy atom. The lowest BCUT2D eigenvalue weighted by Gasteiger charge is -2.20. The van der Waals surface area contributed by atoms with E-state index < -0.39 is 17.4 Å². The molecule has 0 bridgehead atoms. The number of aromatic nitrogens is 2. The van der Waals surface area contributed by atoms with Gasteiger partial charge in [0.15, 0.2) is 0 Å². The van der Waals surface area contributed by atoms with Gasteiger partial charge in [-0.3, -0.25) is 9.59 Å². The van der Waals surface area contributed by atoms with E-state index in [2.05, 4.69) is 15.3 Å². The Balaban J connectivity index is 2.47. The highest BCUT2D eigenvalue weighted by Crippen LogP contribution is 2.26. The predicted molar refractivity (Wildman–Crippen MR) is 74.2 cm³/mol. The molecule has 0 spiro atoms. The third kappa shape index (κ3) is 2.29. The van der Waals surface area contributed by atoms with Crippen LogP contribution in [0.15, 0.2) is 11.1 Å². The van der Waals surface area contributed by atoms with Gasteiger partial charge >= 0.3 is 5.97 Å². The van der Waals surface area contributed by atoms with Gasteiger partial charge in [0.05, 0.1) is 16.6 Å². The van der Waals surface area contributed by atoms with Gasteiger partial charge in [-0.25, -0.2) is 9.78 Å². The number of aliphatic carboxylic acids is 1. The Morgan fingerprint density at radius 3 is 2.65 bits per heavy atom. The first-order valence-electron chi connectivity index (χ1n) is 5.76. The molecule has 20 heavy (non-hydrogen) atoms. The molecule has 0 saturated heterocycles. The summed E-state index contributed by atoms with van der Waals surface area (Å²) in [5.74, 6) is -1.67. The van der Waals surface area contributed by atoms with Crippen LogP contribution in [0.5, 0.6) is 0 Å². The molecule has 0 atom stereocenters. The molecular weight excluding hydrogens is 282 g/mol. The van der Waals surface area contributed by atoms with E-state index in [1.165, 1.54) is 20.2 Å². The zero-order valence-electron chi connectivity index (χ0n) is 11.1. The molecule has 3 N–H and O–H groups in total. The number of carbonyl (C=O) groups is 2. The molecule has 0 aliphatic heterocycles. The van der Waals surface area contributed by atoms with Crippen LogP contribution in [0.3, 0.4) is 0 Å². The lowest BCUT2D eigenvalue weighted by Crippen LogP contribution is -2.49. The molecular formula is C12H13N3O4S. The summed E-state index contributed by atoms with van der Waals surface area (Å²) in [5.41, 5.74) is -1.21. The van der Waals surface area contributed by atoms with E-state index in [0.29, 0.717) is 20.7 Å². The predicted octanol–water partition coefficient (Wildman–Crippen LogP) is 0.886. The summed E-state index contributed by atoms with van der Waals surface area (Å²) in [4.78, 5) is 42.1. The molecule has 0 saturated carbocycles. The second-order valence-electron chi connectivity index (χ2n) is 4.85. The quantitative estimate of drug-likeness (QED) is 0.778. The van der Waals surface area contributed by atoms with Crippen molar-refractivity contribution in [3.8, 4) is 0 Å². The molecule has 2 aromatic rings. The number of amides is 1. The summed E-state index contributed by atoms with van der Waals surface area (Å²) in [6, 6.07) is 0. The SMILES string of the molecule is Cc1c(C(=O)NC(C)(C)C(=O)O)sc2nc[nH]c(=O)c12. The number of aromatic amines is 1.